The quantitative estimate of drug-likeness (QED) is 0.534. The molecular formula is C24H29N5O2S. The molecule has 3 N–H and O–H groups in total. The number of aromatic nitrogens is 2. The van der Waals surface area contributed by atoms with Gasteiger partial charge < -0.3 is 15.7 Å². The molecule has 7 nitrogen and oxygen atoms in total. The fourth-order valence-electron chi connectivity index (χ4n) is 4.91. The van der Waals surface area contributed by atoms with Crippen molar-refractivity contribution in [1.82, 2.24) is 20.2 Å². The summed E-state index contributed by atoms with van der Waals surface area (Å²) >= 11 is 1.54. The van der Waals surface area contributed by atoms with Gasteiger partial charge in [-0.25, -0.2) is 0 Å². The third-order valence-electron chi connectivity index (χ3n) is 6.82. The minimum absolute atomic E-state index is 0.00233. The van der Waals surface area contributed by atoms with Crippen LogP contribution in [-0.4, -0.2) is 57.6 Å². The number of carbonyl (C=O) groups is 1. The van der Waals surface area contributed by atoms with E-state index in [0.29, 0.717) is 6.04 Å². The van der Waals surface area contributed by atoms with Gasteiger partial charge in [0.05, 0.1) is 34.9 Å². The van der Waals surface area contributed by atoms with Crippen molar-refractivity contribution in [1.29, 1.82) is 0 Å². The number of carbonyl (C=O) groups excluding carboxylic acids is 1. The maximum Gasteiger partial charge on any atom is 0.239 e. The number of nitrogens with zero attached hydrogens (tertiary/aromatic N) is 3. The zero-order valence-electron chi connectivity index (χ0n) is 18.3. The average molecular weight is 452 g/mol. The molecule has 8 heteroatoms. The summed E-state index contributed by atoms with van der Waals surface area (Å²) in [5, 5.41) is 19.4. The highest BCUT2D eigenvalue weighted by Crippen LogP contribution is 2.40. The number of amides is 1. The second kappa shape index (κ2) is 8.77. The van der Waals surface area contributed by atoms with Gasteiger partial charge in [-0.1, -0.05) is 17.7 Å². The number of likely N-dealkylation sites (tertiary alicyclic amines) is 1. The van der Waals surface area contributed by atoms with E-state index in [1.807, 2.05) is 6.20 Å². The van der Waals surface area contributed by atoms with Gasteiger partial charge in [-0.05, 0) is 38.7 Å². The number of anilines is 1. The first-order valence-corrected chi connectivity index (χ1v) is 12.1. The number of thiazole rings is 1. The number of rotatable bonds is 6. The summed E-state index contributed by atoms with van der Waals surface area (Å²) < 4.78 is 0. The first-order chi connectivity index (χ1) is 15.5. The minimum Gasteiger partial charge on any atom is -0.384 e. The summed E-state index contributed by atoms with van der Waals surface area (Å²) in [6, 6.07) is 6.91. The topological polar surface area (TPSA) is 90.4 Å². The van der Waals surface area contributed by atoms with Gasteiger partial charge in [0.25, 0.3) is 0 Å². The molecule has 0 bridgehead atoms. The molecule has 1 aromatic carbocycles. The van der Waals surface area contributed by atoms with Crippen LogP contribution >= 0.6 is 11.3 Å². The molecule has 1 saturated heterocycles. The largest absolute Gasteiger partial charge is 0.384 e. The zero-order chi connectivity index (χ0) is 22.1. The summed E-state index contributed by atoms with van der Waals surface area (Å²) in [4.78, 5) is 24.3. The highest BCUT2D eigenvalue weighted by atomic mass is 32.1. The van der Waals surface area contributed by atoms with Crippen LogP contribution in [-0.2, 0) is 10.4 Å². The lowest BCUT2D eigenvalue weighted by molar-refractivity contribution is -0.121. The number of hydrogen-bond donors (Lipinski definition) is 3. The molecule has 3 aromatic rings. The Morgan fingerprint density at radius 2 is 2.03 bits per heavy atom. The van der Waals surface area contributed by atoms with Gasteiger partial charge in [0.15, 0.2) is 0 Å². The molecule has 1 aliphatic carbocycles. The van der Waals surface area contributed by atoms with Crippen LogP contribution in [0.5, 0.6) is 0 Å². The molecule has 32 heavy (non-hydrogen) atoms. The first kappa shape index (κ1) is 21.3. The number of benzene rings is 1. The van der Waals surface area contributed by atoms with E-state index in [1.54, 1.807) is 17.9 Å². The SMILES string of the molecule is Cc1ccc2cncc(NCC(=O)NC3CN([C@H]4CC[C@@](O)(c5cncs5)CC4)C3)c2c1. The highest BCUT2D eigenvalue weighted by Gasteiger charge is 2.40. The van der Waals surface area contributed by atoms with Crippen LogP contribution < -0.4 is 10.6 Å². The Kier molecular flexibility index (Phi) is 5.84. The molecule has 1 aliphatic heterocycles. The Labute approximate surface area is 191 Å². The Bertz CT molecular complexity index is 1090. The molecule has 0 atom stereocenters. The van der Waals surface area contributed by atoms with Gasteiger partial charge in [-0.3, -0.25) is 19.7 Å². The van der Waals surface area contributed by atoms with E-state index in [9.17, 15) is 9.90 Å². The second-order valence-electron chi connectivity index (χ2n) is 9.11. The smallest absolute Gasteiger partial charge is 0.239 e. The summed E-state index contributed by atoms with van der Waals surface area (Å²) in [6.07, 6.45) is 8.91. The van der Waals surface area contributed by atoms with Gasteiger partial charge in [-0.15, -0.1) is 11.3 Å². The van der Waals surface area contributed by atoms with Crippen molar-refractivity contribution in [3.05, 3.63) is 52.7 Å². The Morgan fingerprint density at radius 3 is 2.78 bits per heavy atom. The number of aryl methyl sites for hydroxylation is 1. The fourth-order valence-corrected chi connectivity index (χ4v) is 5.69. The fraction of sp³-hybridized carbons (Fsp3) is 0.458. The summed E-state index contributed by atoms with van der Waals surface area (Å²) in [5.74, 6) is 0.00233. The van der Waals surface area contributed by atoms with Crippen molar-refractivity contribution in [3.63, 3.8) is 0 Å². The molecule has 1 amide bonds. The van der Waals surface area contributed by atoms with Gasteiger partial charge in [0.1, 0.15) is 5.60 Å². The molecule has 1 saturated carbocycles. The van der Waals surface area contributed by atoms with Crippen LogP contribution in [0.1, 0.15) is 36.1 Å². The predicted molar refractivity (Wildman–Crippen MR) is 127 cm³/mol. The lowest BCUT2D eigenvalue weighted by Gasteiger charge is -2.48. The van der Waals surface area contributed by atoms with Crippen molar-refractivity contribution in [2.75, 3.05) is 25.0 Å². The van der Waals surface area contributed by atoms with E-state index < -0.39 is 5.60 Å². The molecule has 2 fully saturated rings. The lowest BCUT2D eigenvalue weighted by Crippen LogP contribution is -2.63. The number of hydrogen-bond acceptors (Lipinski definition) is 7. The van der Waals surface area contributed by atoms with Gasteiger partial charge in [0.2, 0.25) is 5.91 Å². The number of nitrogens with one attached hydrogen (secondary N) is 2. The Hall–Kier alpha value is -2.55. The molecule has 5 rings (SSSR count). The van der Waals surface area contributed by atoms with E-state index in [2.05, 4.69) is 50.6 Å². The zero-order valence-corrected chi connectivity index (χ0v) is 19.1. The van der Waals surface area contributed by atoms with Gasteiger partial charge in [-0.2, -0.15) is 0 Å². The van der Waals surface area contributed by atoms with Crippen LogP contribution in [0.25, 0.3) is 10.8 Å². The molecule has 0 radical (unpaired) electrons. The minimum atomic E-state index is -0.711. The number of pyridine rings is 1. The number of aliphatic hydroxyl groups is 1. The van der Waals surface area contributed by atoms with E-state index in [1.165, 1.54) is 16.9 Å². The van der Waals surface area contributed by atoms with Gasteiger partial charge in [0, 0.05) is 42.3 Å². The lowest BCUT2D eigenvalue weighted by atomic mass is 9.80. The molecule has 3 heterocycles. The van der Waals surface area contributed by atoms with Crippen molar-refractivity contribution < 1.29 is 9.90 Å². The molecule has 2 aromatic heterocycles. The highest BCUT2D eigenvalue weighted by molar-refractivity contribution is 7.09. The standard InChI is InChI=1S/C24H29N5O2S/c1-16-2-3-17-9-25-10-21(20(17)8-16)27-12-23(30)28-18-13-29(14-18)19-4-6-24(31,7-5-19)22-11-26-15-32-22/h2-3,8-11,15,18-19,27,31H,4-7,12-14H2,1H3,(H,28,30)/t19-,24-. The third kappa shape index (κ3) is 4.35. The predicted octanol–water partition coefficient (Wildman–Crippen LogP) is 3.04. The van der Waals surface area contributed by atoms with E-state index in [4.69, 9.17) is 0 Å². The summed E-state index contributed by atoms with van der Waals surface area (Å²) in [7, 11) is 0. The average Bonchev–Trinajstić information content (AvgIpc) is 3.31. The Morgan fingerprint density at radius 1 is 1.22 bits per heavy atom. The van der Waals surface area contributed by atoms with Crippen LogP contribution in [0.3, 0.4) is 0 Å². The van der Waals surface area contributed by atoms with Crippen molar-refractivity contribution in [3.8, 4) is 0 Å². The van der Waals surface area contributed by atoms with Crippen molar-refractivity contribution in [2.24, 2.45) is 0 Å². The van der Waals surface area contributed by atoms with E-state index in [-0.39, 0.29) is 18.5 Å². The molecule has 168 valence electrons. The maximum absolute atomic E-state index is 12.5. The molecular weight excluding hydrogens is 422 g/mol. The number of fused-ring (bicyclic) bond motifs is 1. The van der Waals surface area contributed by atoms with E-state index >= 15 is 0 Å². The van der Waals surface area contributed by atoms with Crippen LogP contribution in [0.15, 0.2) is 42.3 Å². The van der Waals surface area contributed by atoms with Crippen LogP contribution in [0, 0.1) is 6.92 Å². The summed E-state index contributed by atoms with van der Waals surface area (Å²) in [6.45, 7) is 4.05. The molecule has 2 aliphatic rings. The molecule has 0 unspecified atom stereocenters. The van der Waals surface area contributed by atoms with Crippen LogP contribution in [0.4, 0.5) is 5.69 Å². The Balaban J connectivity index is 1.07. The van der Waals surface area contributed by atoms with Crippen molar-refractivity contribution in [2.45, 2.75) is 50.3 Å². The van der Waals surface area contributed by atoms with Crippen molar-refractivity contribution >= 4 is 33.7 Å². The first-order valence-electron chi connectivity index (χ1n) is 11.2. The van der Waals surface area contributed by atoms with E-state index in [0.717, 1.165) is 60.1 Å². The second-order valence-corrected chi connectivity index (χ2v) is 10.00. The normalized spacial score (nSPS) is 24.2. The summed E-state index contributed by atoms with van der Waals surface area (Å²) in [5.41, 5.74) is 3.14. The molecule has 0 spiro atoms. The maximum atomic E-state index is 12.5. The van der Waals surface area contributed by atoms with Crippen LogP contribution in [0.2, 0.25) is 0 Å². The van der Waals surface area contributed by atoms with Gasteiger partial charge >= 0.3 is 0 Å². The monoisotopic (exact) mass is 451 g/mol. The third-order valence-corrected chi connectivity index (χ3v) is 7.79.